The van der Waals surface area contributed by atoms with E-state index >= 15 is 0 Å². The Balaban J connectivity index is 2.52. The van der Waals surface area contributed by atoms with E-state index in [-0.39, 0.29) is 17.4 Å². The van der Waals surface area contributed by atoms with Crippen molar-refractivity contribution in [2.24, 2.45) is 5.73 Å². The van der Waals surface area contributed by atoms with Gasteiger partial charge in [0.05, 0.1) is 6.42 Å². The topological polar surface area (TPSA) is 67.2 Å². The minimum absolute atomic E-state index is 0.0162. The number of nitrogens with one attached hydrogen (secondary N) is 2. The fourth-order valence-electron chi connectivity index (χ4n) is 0.990. The number of amides is 1. The van der Waals surface area contributed by atoms with E-state index in [0.717, 1.165) is 5.56 Å². The Hall–Kier alpha value is -1.33. The molecule has 4 N–H and O–H groups in total. The van der Waals surface area contributed by atoms with E-state index in [9.17, 15) is 4.79 Å². The van der Waals surface area contributed by atoms with Gasteiger partial charge in [-0.2, -0.15) is 0 Å². The molecule has 4 nitrogen and oxygen atoms in total. The zero-order valence-corrected chi connectivity index (χ0v) is 9.36. The van der Waals surface area contributed by atoms with Gasteiger partial charge >= 0.3 is 0 Å². The molecule has 1 amide bonds. The number of carbonyl (C=O) groups excluding carboxylic acids is 1. The third kappa shape index (κ3) is 4.14. The molecule has 1 aromatic carbocycles. The van der Waals surface area contributed by atoms with Gasteiger partial charge in [-0.25, -0.2) is 0 Å². The lowest BCUT2D eigenvalue weighted by Crippen LogP contribution is -2.44. The Morgan fingerprint density at radius 3 is 2.67 bits per heavy atom. The maximum absolute atomic E-state index is 11.3. The van der Waals surface area contributed by atoms with Crippen molar-refractivity contribution in [2.75, 3.05) is 0 Å². The third-order valence-electron chi connectivity index (χ3n) is 1.63. The van der Waals surface area contributed by atoms with Crippen molar-refractivity contribution in [1.29, 1.82) is 0 Å². The summed E-state index contributed by atoms with van der Waals surface area (Å²) in [5, 5.41) is 0.575. The lowest BCUT2D eigenvalue weighted by Gasteiger charge is -2.06. The number of carbonyl (C=O) groups is 1. The minimum atomic E-state index is -0.254. The monoisotopic (exact) mass is 243 g/mol. The standard InChI is InChI=1S/C9H10ClN3OS/c10-7-4-2-1-3-6(7)5-8(14)12-13-9(11)15/h1-4H,5H2,(H,12,14)(H3,11,13,15). The van der Waals surface area contributed by atoms with Gasteiger partial charge in [0.25, 0.3) is 0 Å². The summed E-state index contributed by atoms with van der Waals surface area (Å²) < 4.78 is 0. The smallest absolute Gasteiger partial charge is 0.242 e. The highest BCUT2D eigenvalue weighted by Crippen LogP contribution is 2.14. The first-order valence-corrected chi connectivity index (χ1v) is 4.96. The fourth-order valence-corrected chi connectivity index (χ4v) is 1.24. The quantitative estimate of drug-likeness (QED) is 0.530. The van der Waals surface area contributed by atoms with Crippen LogP contribution in [0.15, 0.2) is 24.3 Å². The molecule has 0 aliphatic rings. The molecule has 15 heavy (non-hydrogen) atoms. The number of halogens is 1. The van der Waals surface area contributed by atoms with E-state index in [2.05, 4.69) is 23.1 Å². The molecule has 0 atom stereocenters. The lowest BCUT2D eigenvalue weighted by atomic mass is 10.1. The van der Waals surface area contributed by atoms with Crippen molar-refractivity contribution in [3.8, 4) is 0 Å². The maximum atomic E-state index is 11.3. The summed E-state index contributed by atoms with van der Waals surface area (Å²) in [6.45, 7) is 0. The van der Waals surface area contributed by atoms with Crippen molar-refractivity contribution < 1.29 is 4.79 Å². The van der Waals surface area contributed by atoms with Crippen molar-refractivity contribution in [3.63, 3.8) is 0 Å². The molecule has 0 aromatic heterocycles. The highest BCUT2D eigenvalue weighted by atomic mass is 35.5. The van der Waals surface area contributed by atoms with Gasteiger partial charge in [0.1, 0.15) is 0 Å². The van der Waals surface area contributed by atoms with Gasteiger partial charge in [0, 0.05) is 5.02 Å². The summed E-state index contributed by atoms with van der Waals surface area (Å²) in [6.07, 6.45) is 0.176. The first-order chi connectivity index (χ1) is 7.09. The van der Waals surface area contributed by atoms with Crippen molar-refractivity contribution in [1.82, 2.24) is 10.9 Å². The van der Waals surface area contributed by atoms with Crippen molar-refractivity contribution in [3.05, 3.63) is 34.9 Å². The van der Waals surface area contributed by atoms with E-state index in [1.165, 1.54) is 0 Å². The molecule has 80 valence electrons. The fraction of sp³-hybridized carbons (Fsp3) is 0.111. The Bertz CT molecular complexity index is 383. The molecule has 0 aliphatic heterocycles. The van der Waals surface area contributed by atoms with Gasteiger partial charge in [-0.05, 0) is 23.8 Å². The largest absolute Gasteiger partial charge is 0.375 e. The van der Waals surface area contributed by atoms with Gasteiger partial charge in [-0.3, -0.25) is 15.6 Å². The van der Waals surface area contributed by atoms with E-state index in [0.29, 0.717) is 5.02 Å². The van der Waals surface area contributed by atoms with Gasteiger partial charge in [0.15, 0.2) is 5.11 Å². The molecule has 0 bridgehead atoms. The van der Waals surface area contributed by atoms with Crippen molar-refractivity contribution in [2.45, 2.75) is 6.42 Å². The molecule has 0 spiro atoms. The first-order valence-electron chi connectivity index (χ1n) is 4.17. The lowest BCUT2D eigenvalue weighted by molar-refractivity contribution is -0.121. The maximum Gasteiger partial charge on any atom is 0.242 e. The third-order valence-corrected chi connectivity index (χ3v) is 2.10. The second-order valence-corrected chi connectivity index (χ2v) is 3.65. The summed E-state index contributed by atoms with van der Waals surface area (Å²) in [5.74, 6) is -0.254. The molecule has 0 unspecified atom stereocenters. The second kappa shape index (κ2) is 5.53. The van der Waals surface area contributed by atoms with Crippen LogP contribution < -0.4 is 16.6 Å². The summed E-state index contributed by atoms with van der Waals surface area (Å²) in [6, 6.07) is 7.13. The zero-order chi connectivity index (χ0) is 11.3. The van der Waals surface area contributed by atoms with Crippen LogP contribution in [0.4, 0.5) is 0 Å². The summed E-state index contributed by atoms with van der Waals surface area (Å²) in [7, 11) is 0. The number of hydrogen-bond donors (Lipinski definition) is 3. The molecule has 0 saturated heterocycles. The van der Waals surface area contributed by atoms with Gasteiger partial charge in [-0.15, -0.1) is 0 Å². The SMILES string of the molecule is NC(=S)NNC(=O)Cc1ccccc1Cl. The average molecular weight is 244 g/mol. The second-order valence-electron chi connectivity index (χ2n) is 2.81. The highest BCUT2D eigenvalue weighted by Gasteiger charge is 2.05. The molecule has 0 heterocycles. The number of hydrazine groups is 1. The van der Waals surface area contributed by atoms with Crippen LogP contribution in [0, 0.1) is 0 Å². The Morgan fingerprint density at radius 2 is 2.07 bits per heavy atom. The Morgan fingerprint density at radius 1 is 1.40 bits per heavy atom. The molecular formula is C9H10ClN3OS. The predicted molar refractivity (Wildman–Crippen MR) is 63.2 cm³/mol. The van der Waals surface area contributed by atoms with Crippen LogP contribution >= 0.6 is 23.8 Å². The van der Waals surface area contributed by atoms with Crippen LogP contribution in [0.5, 0.6) is 0 Å². The minimum Gasteiger partial charge on any atom is -0.375 e. The number of hydrogen-bond acceptors (Lipinski definition) is 2. The molecule has 1 rings (SSSR count). The molecule has 1 aromatic rings. The van der Waals surface area contributed by atoms with Gasteiger partial charge in [-0.1, -0.05) is 29.8 Å². The van der Waals surface area contributed by atoms with E-state index in [1.807, 2.05) is 6.07 Å². The molecule has 0 saturated carbocycles. The molecule has 0 radical (unpaired) electrons. The van der Waals surface area contributed by atoms with E-state index in [4.69, 9.17) is 17.3 Å². The van der Waals surface area contributed by atoms with E-state index < -0.39 is 0 Å². The van der Waals surface area contributed by atoms with Gasteiger partial charge in [0.2, 0.25) is 5.91 Å². The Labute approximate surface area is 97.8 Å². The highest BCUT2D eigenvalue weighted by molar-refractivity contribution is 7.80. The predicted octanol–water partition coefficient (Wildman–Crippen LogP) is 0.747. The van der Waals surface area contributed by atoms with Crippen LogP contribution in [0.1, 0.15) is 5.56 Å². The zero-order valence-electron chi connectivity index (χ0n) is 7.79. The van der Waals surface area contributed by atoms with Crippen LogP contribution in [0.2, 0.25) is 5.02 Å². The Kier molecular flexibility index (Phi) is 4.33. The molecule has 0 aliphatic carbocycles. The number of thiocarbonyl (C=S) groups is 1. The van der Waals surface area contributed by atoms with E-state index in [1.54, 1.807) is 18.2 Å². The van der Waals surface area contributed by atoms with Crippen LogP contribution in [-0.4, -0.2) is 11.0 Å². The van der Waals surface area contributed by atoms with Crippen molar-refractivity contribution >= 4 is 34.8 Å². The normalized spacial score (nSPS) is 9.40. The average Bonchev–Trinajstić information content (AvgIpc) is 2.18. The number of rotatable bonds is 2. The van der Waals surface area contributed by atoms with Crippen LogP contribution in [-0.2, 0) is 11.2 Å². The summed E-state index contributed by atoms with van der Waals surface area (Å²) in [4.78, 5) is 11.3. The summed E-state index contributed by atoms with van der Waals surface area (Å²) >= 11 is 10.4. The van der Waals surface area contributed by atoms with Crippen LogP contribution in [0.25, 0.3) is 0 Å². The summed E-state index contributed by atoms with van der Waals surface area (Å²) in [5.41, 5.74) is 10.6. The van der Waals surface area contributed by atoms with Crippen LogP contribution in [0.3, 0.4) is 0 Å². The number of benzene rings is 1. The molecule has 6 heteroatoms. The van der Waals surface area contributed by atoms with Gasteiger partial charge < -0.3 is 5.73 Å². The first kappa shape index (κ1) is 11.7. The molecular weight excluding hydrogens is 234 g/mol. The number of nitrogens with two attached hydrogens (primary N) is 1. The molecule has 0 fully saturated rings.